The van der Waals surface area contributed by atoms with E-state index in [1.807, 2.05) is 6.92 Å². The topological polar surface area (TPSA) is 44.4 Å². The molecule has 0 aromatic rings. The first-order valence-electron chi connectivity index (χ1n) is 5.82. The molecule has 0 rings (SSSR count). The van der Waals surface area contributed by atoms with Crippen LogP contribution in [0, 0.1) is 0 Å². The number of nitrogens with one attached hydrogen (secondary N) is 2. The van der Waals surface area contributed by atoms with E-state index in [9.17, 15) is 4.79 Å². The summed E-state index contributed by atoms with van der Waals surface area (Å²) in [5.74, 6) is 0.115. The van der Waals surface area contributed by atoms with E-state index in [1.165, 1.54) is 0 Å². The molecule has 4 nitrogen and oxygen atoms in total. The highest BCUT2D eigenvalue weighted by Gasteiger charge is 2.07. The standard InChI is InChI=1S/C11H25N3O/c1-5-12-11(15)9-14(6-2)8-7-13-10(3)4/h10,13H,5-9H2,1-4H3,(H,12,15). The molecule has 0 heterocycles. The minimum atomic E-state index is 0.115. The zero-order valence-electron chi connectivity index (χ0n) is 10.5. The van der Waals surface area contributed by atoms with Gasteiger partial charge in [0.15, 0.2) is 0 Å². The number of rotatable bonds is 8. The van der Waals surface area contributed by atoms with Gasteiger partial charge in [-0.15, -0.1) is 0 Å². The van der Waals surface area contributed by atoms with Gasteiger partial charge in [-0.05, 0) is 13.5 Å². The van der Waals surface area contributed by atoms with Gasteiger partial charge >= 0.3 is 0 Å². The molecule has 2 N–H and O–H groups in total. The second-order valence-electron chi connectivity index (χ2n) is 3.93. The Morgan fingerprint density at radius 1 is 1.33 bits per heavy atom. The SMILES string of the molecule is CCNC(=O)CN(CC)CCNC(C)C. The lowest BCUT2D eigenvalue weighted by atomic mass is 10.3. The highest BCUT2D eigenvalue weighted by molar-refractivity contribution is 5.77. The Bertz CT molecular complexity index is 171. The van der Waals surface area contributed by atoms with Crippen molar-refractivity contribution in [3.8, 4) is 0 Å². The van der Waals surface area contributed by atoms with Crippen LogP contribution in [0.4, 0.5) is 0 Å². The third-order valence-electron chi connectivity index (χ3n) is 2.17. The van der Waals surface area contributed by atoms with Crippen LogP contribution in [0.3, 0.4) is 0 Å². The minimum absolute atomic E-state index is 0.115. The van der Waals surface area contributed by atoms with E-state index in [0.29, 0.717) is 19.1 Å². The molecule has 15 heavy (non-hydrogen) atoms. The number of nitrogens with zero attached hydrogens (tertiary/aromatic N) is 1. The number of carbonyl (C=O) groups excluding carboxylic acids is 1. The smallest absolute Gasteiger partial charge is 0.234 e. The number of hydrogen-bond donors (Lipinski definition) is 2. The van der Waals surface area contributed by atoms with Gasteiger partial charge in [0.05, 0.1) is 6.54 Å². The molecule has 0 radical (unpaired) electrons. The summed E-state index contributed by atoms with van der Waals surface area (Å²) in [4.78, 5) is 13.5. The lowest BCUT2D eigenvalue weighted by Crippen LogP contribution is -2.41. The highest BCUT2D eigenvalue weighted by Crippen LogP contribution is 1.87. The van der Waals surface area contributed by atoms with Crippen molar-refractivity contribution in [2.45, 2.75) is 33.7 Å². The fourth-order valence-corrected chi connectivity index (χ4v) is 1.32. The van der Waals surface area contributed by atoms with Gasteiger partial charge in [0.25, 0.3) is 0 Å². The summed E-state index contributed by atoms with van der Waals surface area (Å²) >= 11 is 0. The van der Waals surface area contributed by atoms with Crippen molar-refractivity contribution >= 4 is 5.91 Å². The summed E-state index contributed by atoms with van der Waals surface area (Å²) in [6.45, 7) is 12.3. The molecule has 0 aromatic carbocycles. The normalized spacial score (nSPS) is 11.1. The van der Waals surface area contributed by atoms with Crippen LogP contribution < -0.4 is 10.6 Å². The molecule has 0 atom stereocenters. The fourth-order valence-electron chi connectivity index (χ4n) is 1.32. The molecule has 0 bridgehead atoms. The van der Waals surface area contributed by atoms with Crippen molar-refractivity contribution in [2.24, 2.45) is 0 Å². The molecule has 0 fully saturated rings. The van der Waals surface area contributed by atoms with E-state index in [2.05, 4.69) is 36.3 Å². The number of amides is 1. The van der Waals surface area contributed by atoms with E-state index in [1.54, 1.807) is 0 Å². The van der Waals surface area contributed by atoms with Gasteiger partial charge in [-0.25, -0.2) is 0 Å². The Morgan fingerprint density at radius 3 is 2.47 bits per heavy atom. The first-order valence-corrected chi connectivity index (χ1v) is 5.82. The van der Waals surface area contributed by atoms with Gasteiger partial charge in [-0.2, -0.15) is 0 Å². The Morgan fingerprint density at radius 2 is 2.00 bits per heavy atom. The molecule has 0 saturated heterocycles. The highest BCUT2D eigenvalue weighted by atomic mass is 16.2. The molecule has 0 unspecified atom stereocenters. The third kappa shape index (κ3) is 8.39. The summed E-state index contributed by atoms with van der Waals surface area (Å²) in [6.07, 6.45) is 0. The van der Waals surface area contributed by atoms with Gasteiger partial charge < -0.3 is 10.6 Å². The van der Waals surface area contributed by atoms with E-state index >= 15 is 0 Å². The van der Waals surface area contributed by atoms with Gasteiger partial charge in [-0.3, -0.25) is 9.69 Å². The number of hydrogen-bond acceptors (Lipinski definition) is 3. The molecule has 0 saturated carbocycles. The molecule has 0 aromatic heterocycles. The van der Waals surface area contributed by atoms with Gasteiger partial charge in [-0.1, -0.05) is 20.8 Å². The average molecular weight is 215 g/mol. The molecule has 90 valence electrons. The monoisotopic (exact) mass is 215 g/mol. The van der Waals surface area contributed by atoms with Crippen molar-refractivity contribution in [1.82, 2.24) is 15.5 Å². The maximum atomic E-state index is 11.3. The maximum absolute atomic E-state index is 11.3. The van der Waals surface area contributed by atoms with Crippen LogP contribution in [0.25, 0.3) is 0 Å². The van der Waals surface area contributed by atoms with Crippen LogP contribution in [-0.2, 0) is 4.79 Å². The predicted molar refractivity (Wildman–Crippen MR) is 63.9 cm³/mol. The van der Waals surface area contributed by atoms with E-state index < -0.39 is 0 Å². The van der Waals surface area contributed by atoms with Crippen LogP contribution >= 0.6 is 0 Å². The number of carbonyl (C=O) groups is 1. The lowest BCUT2D eigenvalue weighted by molar-refractivity contribution is -0.122. The summed E-state index contributed by atoms with van der Waals surface area (Å²) in [5, 5.41) is 6.15. The molecule has 1 amide bonds. The summed E-state index contributed by atoms with van der Waals surface area (Å²) in [6, 6.07) is 0.508. The van der Waals surface area contributed by atoms with Crippen molar-refractivity contribution in [1.29, 1.82) is 0 Å². The predicted octanol–water partition coefficient (Wildman–Crippen LogP) is 0.442. The van der Waals surface area contributed by atoms with Crippen molar-refractivity contribution < 1.29 is 4.79 Å². The van der Waals surface area contributed by atoms with E-state index in [-0.39, 0.29) is 5.91 Å². The third-order valence-corrected chi connectivity index (χ3v) is 2.17. The van der Waals surface area contributed by atoms with Crippen LogP contribution in [0.15, 0.2) is 0 Å². The molecule has 0 aliphatic heterocycles. The summed E-state index contributed by atoms with van der Waals surface area (Å²) in [7, 11) is 0. The molecular formula is C11H25N3O. The zero-order valence-corrected chi connectivity index (χ0v) is 10.5. The fraction of sp³-hybridized carbons (Fsp3) is 0.909. The quantitative estimate of drug-likeness (QED) is 0.617. The Hall–Kier alpha value is -0.610. The largest absolute Gasteiger partial charge is 0.355 e. The second-order valence-corrected chi connectivity index (χ2v) is 3.93. The van der Waals surface area contributed by atoms with Crippen molar-refractivity contribution in [2.75, 3.05) is 32.7 Å². The van der Waals surface area contributed by atoms with E-state index in [0.717, 1.165) is 19.6 Å². The number of likely N-dealkylation sites (N-methyl/N-ethyl adjacent to an activating group) is 2. The Labute approximate surface area is 93.4 Å². The van der Waals surface area contributed by atoms with Crippen molar-refractivity contribution in [3.63, 3.8) is 0 Å². The van der Waals surface area contributed by atoms with Gasteiger partial charge in [0.1, 0.15) is 0 Å². The van der Waals surface area contributed by atoms with Crippen LogP contribution in [0.1, 0.15) is 27.7 Å². The molecule has 0 spiro atoms. The van der Waals surface area contributed by atoms with Gasteiger partial charge in [0, 0.05) is 25.7 Å². The molecule has 0 aliphatic carbocycles. The summed E-state index contributed by atoms with van der Waals surface area (Å²) in [5.41, 5.74) is 0. The minimum Gasteiger partial charge on any atom is -0.355 e. The first kappa shape index (κ1) is 14.4. The van der Waals surface area contributed by atoms with Crippen LogP contribution in [0.2, 0.25) is 0 Å². The van der Waals surface area contributed by atoms with Crippen LogP contribution in [0.5, 0.6) is 0 Å². The molecule has 0 aliphatic rings. The lowest BCUT2D eigenvalue weighted by Gasteiger charge is -2.20. The Kier molecular flexibility index (Phi) is 8.33. The van der Waals surface area contributed by atoms with Crippen LogP contribution in [-0.4, -0.2) is 49.6 Å². The zero-order chi connectivity index (χ0) is 11.7. The summed E-state index contributed by atoms with van der Waals surface area (Å²) < 4.78 is 0. The maximum Gasteiger partial charge on any atom is 0.234 e. The first-order chi connectivity index (χ1) is 7.10. The molecular weight excluding hydrogens is 190 g/mol. The van der Waals surface area contributed by atoms with Crippen molar-refractivity contribution in [3.05, 3.63) is 0 Å². The van der Waals surface area contributed by atoms with E-state index in [4.69, 9.17) is 0 Å². The van der Waals surface area contributed by atoms with Gasteiger partial charge in [0.2, 0.25) is 5.91 Å². The Balaban J connectivity index is 3.67. The molecule has 4 heteroatoms. The average Bonchev–Trinajstić information content (AvgIpc) is 2.16. The second kappa shape index (κ2) is 8.68.